The monoisotopic (exact) mass is 368 g/mol. The van der Waals surface area contributed by atoms with Crippen molar-refractivity contribution in [3.05, 3.63) is 60.2 Å². The smallest absolute Gasteiger partial charge is 0.261 e. The molecule has 0 spiro atoms. The molecular formula is C23H32N2O2. The van der Waals surface area contributed by atoms with Gasteiger partial charge in [0.1, 0.15) is 5.75 Å². The van der Waals surface area contributed by atoms with E-state index in [1.54, 1.807) is 0 Å². The van der Waals surface area contributed by atoms with Crippen LogP contribution < -0.4 is 15.0 Å². The minimum absolute atomic E-state index is 0.0705. The minimum atomic E-state index is -0.479. The number of benzene rings is 2. The van der Waals surface area contributed by atoms with Crippen LogP contribution in [0.25, 0.3) is 0 Å². The Hall–Kier alpha value is -2.49. The summed E-state index contributed by atoms with van der Waals surface area (Å²) in [6.07, 6.45) is 0.147. The zero-order valence-electron chi connectivity index (χ0n) is 17.2. The molecule has 1 unspecified atom stereocenters. The van der Waals surface area contributed by atoms with Gasteiger partial charge in [-0.1, -0.05) is 58.0 Å². The van der Waals surface area contributed by atoms with E-state index in [-0.39, 0.29) is 11.3 Å². The maximum absolute atomic E-state index is 12.5. The highest BCUT2D eigenvalue weighted by atomic mass is 16.5. The highest BCUT2D eigenvalue weighted by Gasteiger charge is 2.19. The van der Waals surface area contributed by atoms with Gasteiger partial charge in [0, 0.05) is 25.8 Å². The molecule has 0 saturated carbocycles. The third kappa shape index (κ3) is 6.31. The Bertz CT molecular complexity index is 705. The van der Waals surface area contributed by atoms with Crippen molar-refractivity contribution in [2.75, 3.05) is 25.0 Å². The summed E-state index contributed by atoms with van der Waals surface area (Å²) in [5.41, 5.74) is 2.48. The Labute approximate surface area is 163 Å². The van der Waals surface area contributed by atoms with Crippen LogP contribution in [0, 0.1) is 0 Å². The number of amides is 1. The highest BCUT2D eigenvalue weighted by Crippen LogP contribution is 2.24. The molecule has 0 bridgehead atoms. The predicted molar refractivity (Wildman–Crippen MR) is 113 cm³/mol. The number of carbonyl (C=O) groups excluding carboxylic acids is 1. The van der Waals surface area contributed by atoms with E-state index in [1.165, 1.54) is 5.56 Å². The van der Waals surface area contributed by atoms with E-state index >= 15 is 0 Å². The number of anilines is 1. The molecule has 0 saturated heterocycles. The molecule has 146 valence electrons. The molecule has 2 aromatic carbocycles. The molecule has 0 aliphatic heterocycles. The Morgan fingerprint density at radius 2 is 1.70 bits per heavy atom. The van der Waals surface area contributed by atoms with Gasteiger partial charge in [-0.2, -0.15) is 0 Å². The third-order valence-corrected chi connectivity index (χ3v) is 4.61. The second-order valence-electron chi connectivity index (χ2n) is 7.84. The molecule has 1 amide bonds. The van der Waals surface area contributed by atoms with E-state index in [4.69, 9.17) is 4.74 Å². The lowest BCUT2D eigenvalue weighted by Gasteiger charge is -2.22. The quantitative estimate of drug-likeness (QED) is 0.751. The molecule has 2 aromatic rings. The summed E-state index contributed by atoms with van der Waals surface area (Å²) in [4.78, 5) is 14.6. The van der Waals surface area contributed by atoms with Crippen molar-refractivity contribution in [3.63, 3.8) is 0 Å². The lowest BCUT2D eigenvalue weighted by Crippen LogP contribution is -2.41. The Morgan fingerprint density at radius 1 is 1.07 bits per heavy atom. The van der Waals surface area contributed by atoms with E-state index in [0.717, 1.165) is 18.0 Å². The zero-order valence-corrected chi connectivity index (χ0v) is 17.2. The van der Waals surface area contributed by atoms with Crippen molar-refractivity contribution < 1.29 is 9.53 Å². The number of hydrogen-bond acceptors (Lipinski definition) is 3. The summed E-state index contributed by atoms with van der Waals surface area (Å²) in [7, 11) is 2.02. The first-order valence-electron chi connectivity index (χ1n) is 9.62. The molecule has 0 aliphatic rings. The fourth-order valence-electron chi connectivity index (χ4n) is 2.79. The van der Waals surface area contributed by atoms with Gasteiger partial charge < -0.3 is 15.0 Å². The van der Waals surface area contributed by atoms with E-state index in [9.17, 15) is 4.79 Å². The molecule has 0 fully saturated rings. The molecule has 4 heteroatoms. The van der Waals surface area contributed by atoms with Crippen molar-refractivity contribution >= 4 is 11.6 Å². The fraction of sp³-hybridized carbons (Fsp3) is 0.435. The van der Waals surface area contributed by atoms with Crippen LogP contribution in [0.3, 0.4) is 0 Å². The van der Waals surface area contributed by atoms with E-state index in [1.807, 2.05) is 44.3 Å². The van der Waals surface area contributed by atoms with Crippen molar-refractivity contribution in [2.45, 2.75) is 45.6 Å². The lowest BCUT2D eigenvalue weighted by molar-refractivity contribution is -0.128. The normalized spacial score (nSPS) is 12.3. The van der Waals surface area contributed by atoms with Gasteiger partial charge in [-0.25, -0.2) is 0 Å². The van der Waals surface area contributed by atoms with Gasteiger partial charge in [0.2, 0.25) is 0 Å². The second-order valence-corrected chi connectivity index (χ2v) is 7.84. The molecule has 2 rings (SSSR count). The second kappa shape index (κ2) is 9.45. The van der Waals surface area contributed by atoms with E-state index < -0.39 is 6.10 Å². The number of nitrogens with one attached hydrogen (secondary N) is 1. The maximum Gasteiger partial charge on any atom is 0.261 e. The van der Waals surface area contributed by atoms with Crippen molar-refractivity contribution in [2.24, 2.45) is 0 Å². The van der Waals surface area contributed by atoms with Crippen molar-refractivity contribution in [3.8, 4) is 5.75 Å². The SMILES string of the molecule is CCC(Oc1ccc(C(C)(C)C)cc1)C(=O)NCCN(C)c1ccccc1. The Kier molecular flexibility index (Phi) is 7.28. The maximum atomic E-state index is 12.5. The van der Waals surface area contributed by atoms with Crippen LogP contribution >= 0.6 is 0 Å². The van der Waals surface area contributed by atoms with Gasteiger partial charge in [-0.05, 0) is 41.7 Å². The van der Waals surface area contributed by atoms with Gasteiger partial charge in [0.25, 0.3) is 5.91 Å². The molecular weight excluding hydrogens is 336 g/mol. The topological polar surface area (TPSA) is 41.6 Å². The molecule has 1 N–H and O–H groups in total. The average molecular weight is 369 g/mol. The summed E-state index contributed by atoms with van der Waals surface area (Å²) in [5.74, 6) is 0.658. The lowest BCUT2D eigenvalue weighted by atomic mass is 9.87. The van der Waals surface area contributed by atoms with E-state index in [0.29, 0.717) is 13.0 Å². The predicted octanol–water partition coefficient (Wildman–Crippen LogP) is 4.39. The van der Waals surface area contributed by atoms with Crippen LogP contribution in [0.4, 0.5) is 5.69 Å². The van der Waals surface area contributed by atoms with Crippen molar-refractivity contribution in [1.82, 2.24) is 5.32 Å². The molecule has 0 heterocycles. The Morgan fingerprint density at radius 3 is 2.26 bits per heavy atom. The number of hydrogen-bond donors (Lipinski definition) is 1. The highest BCUT2D eigenvalue weighted by molar-refractivity contribution is 5.81. The first kappa shape index (κ1) is 20.8. The van der Waals surface area contributed by atoms with Crippen LogP contribution in [0.1, 0.15) is 39.7 Å². The van der Waals surface area contributed by atoms with Crippen LogP contribution in [0.2, 0.25) is 0 Å². The van der Waals surface area contributed by atoms with E-state index in [2.05, 4.69) is 55.3 Å². The summed E-state index contributed by atoms with van der Waals surface area (Å²) in [6.45, 7) is 9.82. The molecule has 0 aliphatic carbocycles. The number of carbonyl (C=O) groups is 1. The fourth-order valence-corrected chi connectivity index (χ4v) is 2.79. The van der Waals surface area contributed by atoms with Crippen LogP contribution in [-0.4, -0.2) is 32.1 Å². The van der Waals surface area contributed by atoms with Crippen LogP contribution in [0.15, 0.2) is 54.6 Å². The third-order valence-electron chi connectivity index (χ3n) is 4.61. The standard InChI is InChI=1S/C23H32N2O2/c1-6-21(27-20-14-12-18(13-15-20)23(2,3)4)22(26)24-16-17-25(5)19-10-8-7-9-11-19/h7-15,21H,6,16-17H2,1-5H3,(H,24,26). The van der Waals surface area contributed by atoms with Gasteiger partial charge >= 0.3 is 0 Å². The van der Waals surface area contributed by atoms with Gasteiger partial charge in [-0.15, -0.1) is 0 Å². The van der Waals surface area contributed by atoms with Crippen LogP contribution in [-0.2, 0) is 10.2 Å². The molecule has 1 atom stereocenters. The van der Waals surface area contributed by atoms with Crippen LogP contribution in [0.5, 0.6) is 5.75 Å². The van der Waals surface area contributed by atoms with Crippen molar-refractivity contribution in [1.29, 1.82) is 0 Å². The largest absolute Gasteiger partial charge is 0.481 e. The summed E-state index contributed by atoms with van der Waals surface area (Å²) >= 11 is 0. The first-order valence-corrected chi connectivity index (χ1v) is 9.62. The summed E-state index contributed by atoms with van der Waals surface area (Å²) in [6, 6.07) is 18.1. The first-order chi connectivity index (χ1) is 12.8. The number of rotatable bonds is 8. The van der Waals surface area contributed by atoms with Gasteiger partial charge in [-0.3, -0.25) is 4.79 Å². The number of para-hydroxylation sites is 1. The Balaban J connectivity index is 1.84. The number of likely N-dealkylation sites (N-methyl/N-ethyl adjacent to an activating group) is 1. The zero-order chi connectivity index (χ0) is 19.9. The average Bonchev–Trinajstić information content (AvgIpc) is 2.66. The summed E-state index contributed by atoms with van der Waals surface area (Å²) in [5, 5.41) is 2.98. The number of ether oxygens (including phenoxy) is 1. The van der Waals surface area contributed by atoms with Gasteiger partial charge in [0.05, 0.1) is 0 Å². The van der Waals surface area contributed by atoms with Gasteiger partial charge in [0.15, 0.2) is 6.10 Å². The molecule has 0 radical (unpaired) electrons. The molecule has 27 heavy (non-hydrogen) atoms. The minimum Gasteiger partial charge on any atom is -0.481 e. The molecule has 4 nitrogen and oxygen atoms in total. The molecule has 0 aromatic heterocycles. The number of nitrogens with zero attached hydrogens (tertiary/aromatic N) is 1. The summed E-state index contributed by atoms with van der Waals surface area (Å²) < 4.78 is 5.91.